The third kappa shape index (κ3) is 4.20. The van der Waals surface area contributed by atoms with Crippen LogP contribution in [0.1, 0.15) is 11.1 Å². The topological polar surface area (TPSA) is 86.1 Å². The van der Waals surface area contributed by atoms with E-state index in [1.807, 2.05) is 32.0 Å². The van der Waals surface area contributed by atoms with E-state index in [1.165, 1.54) is 6.20 Å². The van der Waals surface area contributed by atoms with Gasteiger partial charge < -0.3 is 10.1 Å². The average Bonchev–Trinajstić information content (AvgIpc) is 2.67. The number of ether oxygens (including phenoxy) is 1. The molecular weight excluding hydrogens is 344 g/mol. The van der Waals surface area contributed by atoms with Crippen LogP contribution >= 0.6 is 0 Å². The zero-order chi connectivity index (χ0) is 19.4. The molecule has 1 amide bonds. The van der Waals surface area contributed by atoms with Crippen LogP contribution in [0.15, 0.2) is 53.5 Å². The van der Waals surface area contributed by atoms with Crippen molar-refractivity contribution in [3.05, 3.63) is 70.3 Å². The first kappa shape index (κ1) is 18.3. The Hall–Kier alpha value is -3.48. The highest BCUT2D eigenvalue weighted by Crippen LogP contribution is 2.19. The Morgan fingerprint density at radius 2 is 1.89 bits per heavy atom. The first-order valence-corrected chi connectivity index (χ1v) is 8.42. The molecule has 7 nitrogen and oxygen atoms in total. The maximum Gasteiger partial charge on any atom is 0.365 e. The van der Waals surface area contributed by atoms with Crippen LogP contribution in [-0.4, -0.2) is 27.8 Å². The third-order valence-electron chi connectivity index (χ3n) is 4.31. The van der Waals surface area contributed by atoms with E-state index in [1.54, 1.807) is 31.4 Å². The smallest absolute Gasteiger partial charge is 0.365 e. The molecule has 1 N–H and O–H groups in total. The minimum atomic E-state index is -0.584. The summed E-state index contributed by atoms with van der Waals surface area (Å²) < 4.78 is 6.15. The first-order valence-electron chi connectivity index (χ1n) is 8.42. The Balaban J connectivity index is 1.74. The van der Waals surface area contributed by atoms with Gasteiger partial charge in [0.2, 0.25) is 5.91 Å². The molecule has 0 aliphatic rings. The number of carbonyl (C=O) groups excluding carboxylic acids is 1. The lowest BCUT2D eigenvalue weighted by Crippen LogP contribution is -2.31. The second kappa shape index (κ2) is 7.82. The fraction of sp³-hybridized carbons (Fsp3) is 0.200. The number of aromatic nitrogens is 3. The standard InChI is InChI=1S/C20H20N4O3/c1-13-5-4-6-17(14(13)2)22-19(25)12-24-20(26)23-18(11-21-24)15-7-9-16(27-3)10-8-15/h4-11H,12H2,1-3H3,(H,22,25). The summed E-state index contributed by atoms with van der Waals surface area (Å²) in [5.41, 5.74) is 3.38. The normalized spacial score (nSPS) is 10.5. The molecule has 1 heterocycles. The third-order valence-corrected chi connectivity index (χ3v) is 4.31. The van der Waals surface area contributed by atoms with E-state index in [0.29, 0.717) is 11.4 Å². The Labute approximate surface area is 156 Å². The van der Waals surface area contributed by atoms with E-state index >= 15 is 0 Å². The number of benzene rings is 2. The predicted molar refractivity (Wildman–Crippen MR) is 103 cm³/mol. The SMILES string of the molecule is COc1ccc(-c2cnn(CC(=O)Nc3cccc(C)c3C)c(=O)n2)cc1. The van der Waals surface area contributed by atoms with Crippen molar-refractivity contribution < 1.29 is 9.53 Å². The molecule has 3 aromatic rings. The number of carbonyl (C=O) groups is 1. The van der Waals surface area contributed by atoms with Crippen molar-refractivity contribution in [1.29, 1.82) is 0 Å². The van der Waals surface area contributed by atoms with Gasteiger partial charge in [0.15, 0.2) is 0 Å². The predicted octanol–water partition coefficient (Wildman–Crippen LogP) is 2.57. The Kier molecular flexibility index (Phi) is 5.30. The molecule has 0 aliphatic heterocycles. The van der Waals surface area contributed by atoms with Gasteiger partial charge in [-0.15, -0.1) is 0 Å². The summed E-state index contributed by atoms with van der Waals surface area (Å²) in [5.74, 6) is 0.375. The number of methoxy groups -OCH3 is 1. The minimum Gasteiger partial charge on any atom is -0.497 e. The van der Waals surface area contributed by atoms with Crippen LogP contribution < -0.4 is 15.7 Å². The van der Waals surface area contributed by atoms with Crippen LogP contribution in [-0.2, 0) is 11.3 Å². The van der Waals surface area contributed by atoms with Gasteiger partial charge in [-0.25, -0.2) is 9.48 Å². The molecule has 0 atom stereocenters. The molecule has 2 aromatic carbocycles. The molecule has 7 heteroatoms. The summed E-state index contributed by atoms with van der Waals surface area (Å²) in [6, 6.07) is 12.8. The second-order valence-electron chi connectivity index (χ2n) is 6.11. The van der Waals surface area contributed by atoms with Crippen molar-refractivity contribution >= 4 is 11.6 Å². The largest absolute Gasteiger partial charge is 0.497 e. The molecule has 138 valence electrons. The highest BCUT2D eigenvalue weighted by Gasteiger charge is 2.10. The summed E-state index contributed by atoms with van der Waals surface area (Å²) >= 11 is 0. The zero-order valence-electron chi connectivity index (χ0n) is 15.4. The van der Waals surface area contributed by atoms with Crippen LogP contribution in [0.2, 0.25) is 0 Å². The van der Waals surface area contributed by atoms with Crippen molar-refractivity contribution in [1.82, 2.24) is 14.8 Å². The molecule has 0 bridgehead atoms. The lowest BCUT2D eigenvalue weighted by molar-refractivity contribution is -0.117. The summed E-state index contributed by atoms with van der Waals surface area (Å²) in [4.78, 5) is 28.5. The molecule has 0 radical (unpaired) electrons. The maximum atomic E-state index is 12.3. The van der Waals surface area contributed by atoms with Crippen LogP contribution in [0.4, 0.5) is 5.69 Å². The Morgan fingerprint density at radius 1 is 1.15 bits per heavy atom. The van der Waals surface area contributed by atoms with Gasteiger partial charge in [0.25, 0.3) is 0 Å². The van der Waals surface area contributed by atoms with Crippen molar-refractivity contribution in [3.8, 4) is 17.0 Å². The number of hydrogen-bond acceptors (Lipinski definition) is 5. The first-order chi connectivity index (χ1) is 13.0. The number of nitrogens with one attached hydrogen (secondary N) is 1. The maximum absolute atomic E-state index is 12.3. The fourth-order valence-corrected chi connectivity index (χ4v) is 2.58. The lowest BCUT2D eigenvalue weighted by atomic mass is 10.1. The van der Waals surface area contributed by atoms with Gasteiger partial charge in [-0.05, 0) is 55.3 Å². The van der Waals surface area contributed by atoms with E-state index in [9.17, 15) is 9.59 Å². The minimum absolute atomic E-state index is 0.206. The summed E-state index contributed by atoms with van der Waals surface area (Å²) in [5, 5.41) is 6.87. The molecule has 0 spiro atoms. The molecule has 0 saturated heterocycles. The van der Waals surface area contributed by atoms with Gasteiger partial charge in [-0.3, -0.25) is 4.79 Å². The van der Waals surface area contributed by atoms with Crippen LogP contribution in [0.5, 0.6) is 5.75 Å². The van der Waals surface area contributed by atoms with Crippen molar-refractivity contribution in [2.75, 3.05) is 12.4 Å². The molecule has 0 fully saturated rings. The van der Waals surface area contributed by atoms with Crippen LogP contribution in [0.25, 0.3) is 11.3 Å². The molecule has 0 saturated carbocycles. The van der Waals surface area contributed by atoms with E-state index < -0.39 is 5.69 Å². The quantitative estimate of drug-likeness (QED) is 0.752. The highest BCUT2D eigenvalue weighted by atomic mass is 16.5. The van der Waals surface area contributed by atoms with Crippen molar-refractivity contribution in [3.63, 3.8) is 0 Å². The fourth-order valence-electron chi connectivity index (χ4n) is 2.58. The summed E-state index contributed by atoms with van der Waals surface area (Å²) in [6.07, 6.45) is 1.47. The van der Waals surface area contributed by atoms with Gasteiger partial charge in [0.1, 0.15) is 12.3 Å². The number of aryl methyl sites for hydroxylation is 1. The Morgan fingerprint density at radius 3 is 2.56 bits per heavy atom. The molecule has 27 heavy (non-hydrogen) atoms. The van der Waals surface area contributed by atoms with Crippen molar-refractivity contribution in [2.24, 2.45) is 0 Å². The number of rotatable bonds is 5. The lowest BCUT2D eigenvalue weighted by Gasteiger charge is -2.11. The summed E-state index contributed by atoms with van der Waals surface area (Å²) in [6.45, 7) is 3.70. The number of amides is 1. The van der Waals surface area contributed by atoms with E-state index in [2.05, 4.69) is 15.4 Å². The van der Waals surface area contributed by atoms with Gasteiger partial charge in [0.05, 0.1) is 19.0 Å². The van der Waals surface area contributed by atoms with Gasteiger partial charge in [-0.2, -0.15) is 10.1 Å². The van der Waals surface area contributed by atoms with Gasteiger partial charge in [-0.1, -0.05) is 12.1 Å². The molecule has 1 aromatic heterocycles. The number of nitrogens with zero attached hydrogens (tertiary/aromatic N) is 3. The molecule has 3 rings (SSSR count). The Bertz CT molecular complexity index is 1030. The van der Waals surface area contributed by atoms with Gasteiger partial charge in [0, 0.05) is 11.3 Å². The number of hydrogen-bond donors (Lipinski definition) is 1. The monoisotopic (exact) mass is 364 g/mol. The van der Waals surface area contributed by atoms with Crippen molar-refractivity contribution in [2.45, 2.75) is 20.4 Å². The second-order valence-corrected chi connectivity index (χ2v) is 6.11. The van der Waals surface area contributed by atoms with Crippen LogP contribution in [0, 0.1) is 13.8 Å². The molecule has 0 unspecified atom stereocenters. The molecular formula is C20H20N4O3. The average molecular weight is 364 g/mol. The van der Waals surface area contributed by atoms with Gasteiger partial charge >= 0.3 is 5.69 Å². The van der Waals surface area contributed by atoms with E-state index in [-0.39, 0.29) is 12.5 Å². The van der Waals surface area contributed by atoms with E-state index in [0.717, 1.165) is 27.1 Å². The number of anilines is 1. The highest BCUT2D eigenvalue weighted by molar-refractivity contribution is 5.91. The summed E-state index contributed by atoms with van der Waals surface area (Å²) in [7, 11) is 1.58. The zero-order valence-corrected chi connectivity index (χ0v) is 15.4. The van der Waals surface area contributed by atoms with E-state index in [4.69, 9.17) is 4.74 Å². The van der Waals surface area contributed by atoms with Crippen LogP contribution in [0.3, 0.4) is 0 Å². The molecule has 0 aliphatic carbocycles.